The number of benzene rings is 1. The molecule has 1 aliphatic carbocycles. The van der Waals surface area contributed by atoms with E-state index in [0.717, 1.165) is 46.2 Å². The van der Waals surface area contributed by atoms with Crippen LogP contribution in [0.25, 0.3) is 10.6 Å². The smallest absolute Gasteiger partial charge is 0.147 e. The summed E-state index contributed by atoms with van der Waals surface area (Å²) < 4.78 is 6.08. The van der Waals surface area contributed by atoms with Gasteiger partial charge >= 0.3 is 0 Å². The van der Waals surface area contributed by atoms with Gasteiger partial charge in [-0.3, -0.25) is 0 Å². The standard InChI is InChI=1S/C29H46N2OS/c1-3-5-7-8-10-18-28-30-31-29(33-28)26-19-21-27(22-20-26)32-23-13-17-25-16-12-11-15-24(25)14-9-6-4-2/h19-22,24-25H,3-18,23H2,1-2H3. The van der Waals surface area contributed by atoms with Crippen molar-refractivity contribution in [2.24, 2.45) is 11.8 Å². The molecule has 0 aliphatic heterocycles. The van der Waals surface area contributed by atoms with Gasteiger partial charge in [-0.1, -0.05) is 102 Å². The molecule has 1 fully saturated rings. The maximum Gasteiger partial charge on any atom is 0.147 e. The van der Waals surface area contributed by atoms with Gasteiger partial charge in [0.25, 0.3) is 0 Å². The molecule has 0 bridgehead atoms. The molecule has 3 nitrogen and oxygen atoms in total. The Morgan fingerprint density at radius 1 is 0.788 bits per heavy atom. The van der Waals surface area contributed by atoms with Crippen molar-refractivity contribution in [3.8, 4) is 16.3 Å². The average molecular weight is 471 g/mol. The molecule has 3 rings (SSSR count). The molecule has 0 radical (unpaired) electrons. The first-order chi connectivity index (χ1) is 16.3. The van der Waals surface area contributed by atoms with E-state index in [1.165, 1.54) is 96.3 Å². The molecule has 0 saturated heterocycles. The van der Waals surface area contributed by atoms with Crippen molar-refractivity contribution in [3.63, 3.8) is 0 Å². The summed E-state index contributed by atoms with van der Waals surface area (Å²) in [6.45, 7) is 5.40. The Labute approximate surface area is 206 Å². The Kier molecular flexibility index (Phi) is 12.3. The van der Waals surface area contributed by atoms with E-state index in [1.54, 1.807) is 11.3 Å². The van der Waals surface area contributed by atoms with Gasteiger partial charge in [0.15, 0.2) is 0 Å². The zero-order valence-corrected chi connectivity index (χ0v) is 22.0. The third kappa shape index (κ3) is 9.39. The van der Waals surface area contributed by atoms with Crippen LogP contribution in [0.1, 0.15) is 115 Å². The van der Waals surface area contributed by atoms with Gasteiger partial charge in [-0.2, -0.15) is 0 Å². The van der Waals surface area contributed by atoms with Crippen LogP contribution in [0.2, 0.25) is 0 Å². The van der Waals surface area contributed by atoms with E-state index in [9.17, 15) is 0 Å². The van der Waals surface area contributed by atoms with Crippen LogP contribution in [-0.4, -0.2) is 16.8 Å². The summed E-state index contributed by atoms with van der Waals surface area (Å²) >= 11 is 1.74. The highest BCUT2D eigenvalue weighted by atomic mass is 32.1. The molecule has 0 spiro atoms. The van der Waals surface area contributed by atoms with E-state index < -0.39 is 0 Å². The fourth-order valence-electron chi connectivity index (χ4n) is 5.28. The van der Waals surface area contributed by atoms with Gasteiger partial charge in [-0.15, -0.1) is 10.2 Å². The molecule has 0 amide bonds. The van der Waals surface area contributed by atoms with Gasteiger partial charge in [-0.05, 0) is 55.4 Å². The summed E-state index contributed by atoms with van der Waals surface area (Å²) in [6, 6.07) is 8.45. The molecule has 1 aromatic heterocycles. The molecule has 184 valence electrons. The van der Waals surface area contributed by atoms with E-state index in [0.29, 0.717) is 0 Å². The maximum atomic E-state index is 6.08. The number of aryl methyl sites for hydroxylation is 1. The first-order valence-electron chi connectivity index (χ1n) is 13.9. The highest BCUT2D eigenvalue weighted by Gasteiger charge is 2.24. The second-order valence-electron chi connectivity index (χ2n) is 9.98. The number of hydrogen-bond acceptors (Lipinski definition) is 4. The van der Waals surface area contributed by atoms with Crippen LogP contribution in [0.3, 0.4) is 0 Å². The Bertz CT molecular complexity index is 757. The Hall–Kier alpha value is -1.42. The molecular weight excluding hydrogens is 424 g/mol. The van der Waals surface area contributed by atoms with E-state index in [4.69, 9.17) is 4.74 Å². The molecule has 1 heterocycles. The monoisotopic (exact) mass is 470 g/mol. The van der Waals surface area contributed by atoms with Crippen molar-refractivity contribution in [1.29, 1.82) is 0 Å². The normalized spacial score (nSPS) is 18.5. The molecule has 1 saturated carbocycles. The minimum absolute atomic E-state index is 0.832. The lowest BCUT2D eigenvalue weighted by molar-refractivity contribution is 0.190. The van der Waals surface area contributed by atoms with E-state index in [-0.39, 0.29) is 0 Å². The van der Waals surface area contributed by atoms with Gasteiger partial charge in [0.2, 0.25) is 0 Å². The SMILES string of the molecule is CCCCCCCc1nnc(-c2ccc(OCCCC3CCCCC3CCCCC)cc2)s1. The Morgan fingerprint density at radius 3 is 2.18 bits per heavy atom. The largest absolute Gasteiger partial charge is 0.494 e. The third-order valence-electron chi connectivity index (χ3n) is 7.30. The fourth-order valence-corrected chi connectivity index (χ4v) is 6.17. The number of ether oxygens (including phenoxy) is 1. The number of aromatic nitrogens is 2. The first-order valence-corrected chi connectivity index (χ1v) is 14.7. The van der Waals surface area contributed by atoms with Gasteiger partial charge in [0.05, 0.1) is 6.61 Å². The number of rotatable bonds is 16. The van der Waals surface area contributed by atoms with Crippen molar-refractivity contribution in [1.82, 2.24) is 10.2 Å². The van der Waals surface area contributed by atoms with Gasteiger partial charge in [-0.25, -0.2) is 0 Å². The van der Waals surface area contributed by atoms with E-state index >= 15 is 0 Å². The van der Waals surface area contributed by atoms with Crippen molar-refractivity contribution in [2.75, 3.05) is 6.61 Å². The second kappa shape index (κ2) is 15.5. The van der Waals surface area contributed by atoms with E-state index in [2.05, 4.69) is 48.3 Å². The van der Waals surface area contributed by atoms with Gasteiger partial charge in [0, 0.05) is 12.0 Å². The minimum Gasteiger partial charge on any atom is -0.494 e. The van der Waals surface area contributed by atoms with Gasteiger partial charge < -0.3 is 4.74 Å². The van der Waals surface area contributed by atoms with Crippen molar-refractivity contribution >= 4 is 11.3 Å². The molecule has 2 aromatic rings. The number of unbranched alkanes of at least 4 members (excludes halogenated alkanes) is 6. The maximum absolute atomic E-state index is 6.08. The third-order valence-corrected chi connectivity index (χ3v) is 8.33. The molecule has 1 aromatic carbocycles. The lowest BCUT2D eigenvalue weighted by atomic mass is 9.74. The predicted octanol–water partition coefficient (Wildman–Crippen LogP) is 9.26. The Morgan fingerprint density at radius 2 is 1.45 bits per heavy atom. The topological polar surface area (TPSA) is 35.0 Å². The first kappa shape index (κ1) is 26.2. The van der Waals surface area contributed by atoms with Crippen LogP contribution in [0, 0.1) is 11.8 Å². The predicted molar refractivity (Wildman–Crippen MR) is 142 cm³/mol. The van der Waals surface area contributed by atoms with Crippen molar-refractivity contribution < 1.29 is 4.74 Å². The van der Waals surface area contributed by atoms with Crippen LogP contribution < -0.4 is 4.74 Å². The summed E-state index contributed by atoms with van der Waals surface area (Å²) in [4.78, 5) is 0. The highest BCUT2D eigenvalue weighted by molar-refractivity contribution is 7.14. The average Bonchev–Trinajstić information content (AvgIpc) is 3.32. The number of hydrogen-bond donors (Lipinski definition) is 0. The van der Waals surface area contributed by atoms with Crippen LogP contribution in [0.4, 0.5) is 0 Å². The van der Waals surface area contributed by atoms with Crippen LogP contribution >= 0.6 is 11.3 Å². The highest BCUT2D eigenvalue weighted by Crippen LogP contribution is 2.36. The molecule has 4 heteroatoms. The van der Waals surface area contributed by atoms with Crippen molar-refractivity contribution in [3.05, 3.63) is 29.3 Å². The molecule has 33 heavy (non-hydrogen) atoms. The van der Waals surface area contributed by atoms with Crippen LogP contribution in [0.15, 0.2) is 24.3 Å². The lowest BCUT2D eigenvalue weighted by Crippen LogP contribution is -2.20. The minimum atomic E-state index is 0.832. The lowest BCUT2D eigenvalue weighted by Gasteiger charge is -2.31. The zero-order valence-electron chi connectivity index (χ0n) is 21.2. The number of nitrogens with zero attached hydrogens (tertiary/aromatic N) is 2. The van der Waals surface area contributed by atoms with Crippen LogP contribution in [0.5, 0.6) is 5.75 Å². The molecule has 2 unspecified atom stereocenters. The molecular formula is C29H46N2OS. The second-order valence-corrected chi connectivity index (χ2v) is 11.0. The Balaban J connectivity index is 1.36. The quantitative estimate of drug-likeness (QED) is 0.229. The molecule has 1 aliphatic rings. The van der Waals surface area contributed by atoms with E-state index in [1.807, 2.05) is 0 Å². The molecule has 0 N–H and O–H groups in total. The molecule has 2 atom stereocenters. The van der Waals surface area contributed by atoms with Gasteiger partial charge in [0.1, 0.15) is 15.8 Å². The van der Waals surface area contributed by atoms with Crippen LogP contribution in [-0.2, 0) is 6.42 Å². The summed E-state index contributed by atoms with van der Waals surface area (Å²) in [5.41, 5.74) is 1.15. The summed E-state index contributed by atoms with van der Waals surface area (Å²) in [7, 11) is 0. The summed E-state index contributed by atoms with van der Waals surface area (Å²) in [5.74, 6) is 2.88. The summed E-state index contributed by atoms with van der Waals surface area (Å²) in [5, 5.41) is 11.0. The summed E-state index contributed by atoms with van der Waals surface area (Å²) in [6.07, 6.45) is 21.5. The van der Waals surface area contributed by atoms with Crippen molar-refractivity contribution in [2.45, 2.75) is 117 Å². The zero-order chi connectivity index (χ0) is 23.1. The fraction of sp³-hybridized carbons (Fsp3) is 0.724.